The van der Waals surface area contributed by atoms with Crippen LogP contribution in [0.4, 0.5) is 5.69 Å². The Morgan fingerprint density at radius 2 is 1.63 bits per heavy atom. The van der Waals surface area contributed by atoms with Gasteiger partial charge in [-0.2, -0.15) is 5.10 Å². The molecule has 1 N–H and O–H groups in total. The van der Waals surface area contributed by atoms with Gasteiger partial charge in [-0.3, -0.25) is 14.2 Å². The van der Waals surface area contributed by atoms with E-state index in [1.165, 1.54) is 9.25 Å². The maximum absolute atomic E-state index is 13.6. The Hall–Kier alpha value is -4.66. The number of aryl methyl sites for hydroxylation is 1. The van der Waals surface area contributed by atoms with E-state index in [0.717, 1.165) is 5.56 Å². The van der Waals surface area contributed by atoms with Crippen molar-refractivity contribution in [2.24, 2.45) is 0 Å². The molecule has 4 aromatic rings. The molecule has 0 saturated heterocycles. The third-order valence-corrected chi connectivity index (χ3v) is 6.05. The van der Waals surface area contributed by atoms with Gasteiger partial charge in [0.1, 0.15) is 11.4 Å². The normalized spacial score (nSPS) is 13.0. The van der Waals surface area contributed by atoms with E-state index in [-0.39, 0.29) is 22.9 Å². The number of rotatable bonds is 5. The highest BCUT2D eigenvalue weighted by atomic mass is 16.5. The highest BCUT2D eigenvalue weighted by molar-refractivity contribution is 6.09. The van der Waals surface area contributed by atoms with E-state index in [4.69, 9.17) is 4.74 Å². The summed E-state index contributed by atoms with van der Waals surface area (Å²) >= 11 is 0. The number of hydrogen-bond acceptors (Lipinski definition) is 5. The second-order valence-corrected chi connectivity index (χ2v) is 8.23. The molecule has 2 aromatic heterocycles. The molecule has 0 spiro atoms. The SMILES string of the molecule is COc1ccc(-n2nc(C(=O)O)c3c2C(=O)N(c2ccc(-n4ccc(C)cc4=O)cc2)CC3)cc1. The van der Waals surface area contributed by atoms with Gasteiger partial charge in [-0.15, -0.1) is 0 Å². The Balaban J connectivity index is 1.52. The number of aromatic nitrogens is 3. The summed E-state index contributed by atoms with van der Waals surface area (Å²) in [5.74, 6) is -0.890. The van der Waals surface area contributed by atoms with Gasteiger partial charge >= 0.3 is 5.97 Å². The lowest BCUT2D eigenvalue weighted by atomic mass is 10.0. The summed E-state index contributed by atoms with van der Waals surface area (Å²) in [7, 11) is 1.55. The van der Waals surface area contributed by atoms with Crippen molar-refractivity contribution in [3.8, 4) is 17.1 Å². The zero-order valence-electron chi connectivity index (χ0n) is 19.1. The Kier molecular flexibility index (Phi) is 5.44. The predicted molar refractivity (Wildman–Crippen MR) is 129 cm³/mol. The molecule has 0 unspecified atom stereocenters. The molecule has 0 fully saturated rings. The number of ether oxygens (including phenoxy) is 1. The van der Waals surface area contributed by atoms with E-state index >= 15 is 0 Å². The Labute approximate surface area is 200 Å². The van der Waals surface area contributed by atoms with Crippen LogP contribution in [0.5, 0.6) is 5.75 Å². The average Bonchev–Trinajstić information content (AvgIpc) is 3.26. The van der Waals surface area contributed by atoms with Crippen LogP contribution in [-0.2, 0) is 6.42 Å². The van der Waals surface area contributed by atoms with E-state index in [2.05, 4.69) is 5.10 Å². The number of hydrogen-bond donors (Lipinski definition) is 1. The summed E-state index contributed by atoms with van der Waals surface area (Å²) in [6.45, 7) is 2.17. The number of nitrogens with zero attached hydrogens (tertiary/aromatic N) is 4. The molecule has 0 atom stereocenters. The number of fused-ring (bicyclic) bond motifs is 1. The first-order valence-electron chi connectivity index (χ1n) is 11.0. The van der Waals surface area contributed by atoms with Gasteiger partial charge in [-0.05, 0) is 73.5 Å². The van der Waals surface area contributed by atoms with Gasteiger partial charge in [0.25, 0.3) is 11.5 Å². The summed E-state index contributed by atoms with van der Waals surface area (Å²) in [4.78, 5) is 39.4. The number of anilines is 1. The van der Waals surface area contributed by atoms with Crippen molar-refractivity contribution in [2.45, 2.75) is 13.3 Å². The van der Waals surface area contributed by atoms with Gasteiger partial charge in [0.2, 0.25) is 0 Å². The second-order valence-electron chi connectivity index (χ2n) is 8.23. The predicted octanol–water partition coefficient (Wildman–Crippen LogP) is 3.24. The Morgan fingerprint density at radius 3 is 2.26 bits per heavy atom. The van der Waals surface area contributed by atoms with Crippen LogP contribution in [0, 0.1) is 6.92 Å². The molecule has 0 aliphatic carbocycles. The monoisotopic (exact) mass is 470 g/mol. The molecule has 3 heterocycles. The number of aromatic carboxylic acids is 1. The summed E-state index contributed by atoms with van der Waals surface area (Å²) in [6, 6.07) is 17.4. The zero-order valence-corrected chi connectivity index (χ0v) is 19.1. The molecule has 1 aliphatic heterocycles. The number of carbonyl (C=O) groups is 2. The molecule has 1 amide bonds. The lowest BCUT2D eigenvalue weighted by Crippen LogP contribution is -2.39. The van der Waals surface area contributed by atoms with Crippen LogP contribution in [0.2, 0.25) is 0 Å². The smallest absolute Gasteiger partial charge is 0.356 e. The third-order valence-electron chi connectivity index (χ3n) is 6.05. The fourth-order valence-corrected chi connectivity index (χ4v) is 4.27. The van der Waals surface area contributed by atoms with Crippen molar-refractivity contribution in [3.63, 3.8) is 0 Å². The lowest BCUT2D eigenvalue weighted by Gasteiger charge is -2.28. The lowest BCUT2D eigenvalue weighted by molar-refractivity contribution is 0.0688. The summed E-state index contributed by atoms with van der Waals surface area (Å²) in [5.41, 5.74) is 3.13. The van der Waals surface area contributed by atoms with Crippen LogP contribution in [0.25, 0.3) is 11.4 Å². The van der Waals surface area contributed by atoms with Crippen molar-refractivity contribution < 1.29 is 19.4 Å². The largest absolute Gasteiger partial charge is 0.497 e. The zero-order chi connectivity index (χ0) is 24.7. The van der Waals surface area contributed by atoms with E-state index in [1.807, 2.05) is 13.0 Å². The van der Waals surface area contributed by atoms with Crippen LogP contribution in [0.15, 0.2) is 71.7 Å². The fraction of sp³-hybridized carbons (Fsp3) is 0.154. The third kappa shape index (κ3) is 3.86. The van der Waals surface area contributed by atoms with Crippen molar-refractivity contribution in [1.29, 1.82) is 0 Å². The number of carboxylic acid groups (broad SMARTS) is 1. The maximum Gasteiger partial charge on any atom is 0.356 e. The minimum absolute atomic E-state index is 0.127. The van der Waals surface area contributed by atoms with Gasteiger partial charge < -0.3 is 14.7 Å². The molecule has 0 saturated carbocycles. The molecule has 2 aromatic carbocycles. The topological polar surface area (TPSA) is 107 Å². The van der Waals surface area contributed by atoms with Crippen molar-refractivity contribution in [2.75, 3.05) is 18.6 Å². The summed E-state index contributed by atoms with van der Waals surface area (Å²) in [6.07, 6.45) is 2.06. The van der Waals surface area contributed by atoms with Gasteiger partial charge in [-0.25, -0.2) is 9.48 Å². The van der Waals surface area contributed by atoms with Crippen LogP contribution in [0.3, 0.4) is 0 Å². The molecule has 176 valence electrons. The van der Waals surface area contributed by atoms with Crippen molar-refractivity contribution >= 4 is 17.6 Å². The van der Waals surface area contributed by atoms with E-state index in [9.17, 15) is 19.5 Å². The minimum Gasteiger partial charge on any atom is -0.497 e. The van der Waals surface area contributed by atoms with Gasteiger partial charge in [-0.1, -0.05) is 0 Å². The number of benzene rings is 2. The second kappa shape index (κ2) is 8.60. The standard InChI is InChI=1S/C26H22N4O5/c1-16-11-13-28(22(31)15-16)17-3-5-18(6-4-17)29-14-12-21-23(26(33)34)27-30(24(21)25(29)32)19-7-9-20(35-2)10-8-19/h3-11,13,15H,12,14H2,1-2H3,(H,33,34). The van der Waals surface area contributed by atoms with Crippen LogP contribution >= 0.6 is 0 Å². The first-order valence-corrected chi connectivity index (χ1v) is 11.0. The maximum atomic E-state index is 13.6. The minimum atomic E-state index is -1.18. The summed E-state index contributed by atoms with van der Waals surface area (Å²) < 4.78 is 8.11. The Bertz CT molecular complexity index is 1500. The molecule has 0 bridgehead atoms. The fourth-order valence-electron chi connectivity index (χ4n) is 4.27. The van der Waals surface area contributed by atoms with Crippen LogP contribution in [0.1, 0.15) is 32.1 Å². The average molecular weight is 470 g/mol. The van der Waals surface area contributed by atoms with Gasteiger partial charge in [0.15, 0.2) is 5.69 Å². The number of amides is 1. The first kappa shape index (κ1) is 22.1. The van der Waals surface area contributed by atoms with Crippen LogP contribution in [-0.4, -0.2) is 45.0 Å². The highest BCUT2D eigenvalue weighted by Gasteiger charge is 2.35. The molecule has 5 rings (SSSR count). The summed E-state index contributed by atoms with van der Waals surface area (Å²) in [5, 5.41) is 13.9. The van der Waals surface area contributed by atoms with Crippen molar-refractivity contribution in [3.05, 3.63) is 99.7 Å². The molecule has 9 heteroatoms. The van der Waals surface area contributed by atoms with E-state index in [1.54, 1.807) is 72.8 Å². The van der Waals surface area contributed by atoms with Gasteiger partial charge in [0.05, 0.1) is 12.8 Å². The number of pyridine rings is 1. The highest BCUT2D eigenvalue weighted by Crippen LogP contribution is 2.29. The van der Waals surface area contributed by atoms with Gasteiger partial charge in [0, 0.05) is 35.7 Å². The van der Waals surface area contributed by atoms with Crippen molar-refractivity contribution in [1.82, 2.24) is 14.3 Å². The molecule has 0 radical (unpaired) electrons. The molecule has 1 aliphatic rings. The number of carbonyl (C=O) groups excluding carboxylic acids is 1. The molecule has 35 heavy (non-hydrogen) atoms. The molecule has 9 nitrogen and oxygen atoms in total. The van der Waals surface area contributed by atoms with Crippen LogP contribution < -0.4 is 15.2 Å². The number of methoxy groups -OCH3 is 1. The molecular weight excluding hydrogens is 448 g/mol. The van der Waals surface area contributed by atoms with E-state index < -0.39 is 5.97 Å². The van der Waals surface area contributed by atoms with E-state index in [0.29, 0.717) is 41.3 Å². The Morgan fingerprint density at radius 1 is 0.971 bits per heavy atom. The first-order chi connectivity index (χ1) is 16.9. The quantitative estimate of drug-likeness (QED) is 0.480. The number of carboxylic acids is 1. The molecular formula is C26H22N4O5.